The minimum absolute atomic E-state index is 0.616. The summed E-state index contributed by atoms with van der Waals surface area (Å²) >= 11 is 1.74. The Kier molecular flexibility index (Phi) is 5.55. The summed E-state index contributed by atoms with van der Waals surface area (Å²) in [4.78, 5) is 7.39. The third-order valence-electron chi connectivity index (χ3n) is 5.54. The summed E-state index contributed by atoms with van der Waals surface area (Å²) in [6, 6.07) is 15.1. The van der Waals surface area contributed by atoms with Gasteiger partial charge < -0.3 is 9.64 Å². The average Bonchev–Trinajstić information content (AvgIpc) is 3.16. The lowest BCUT2D eigenvalue weighted by Gasteiger charge is -2.32. The SMILES string of the molecule is C=Cc1nc2c(C3CCN(CCc4ccc(OC)cc4)CC3)cccc2s1. The molecule has 0 radical (unpaired) electrons. The zero-order valence-electron chi connectivity index (χ0n) is 15.9. The predicted octanol–water partition coefficient (Wildman–Crippen LogP) is 5.37. The van der Waals surface area contributed by atoms with E-state index in [4.69, 9.17) is 9.72 Å². The van der Waals surface area contributed by atoms with Crippen molar-refractivity contribution in [3.05, 3.63) is 65.2 Å². The van der Waals surface area contributed by atoms with Crippen LogP contribution in [0.5, 0.6) is 5.75 Å². The third-order valence-corrected chi connectivity index (χ3v) is 6.56. The number of ether oxygens (including phenoxy) is 1. The van der Waals surface area contributed by atoms with Crippen molar-refractivity contribution in [2.45, 2.75) is 25.2 Å². The van der Waals surface area contributed by atoms with Gasteiger partial charge in [0, 0.05) is 6.54 Å². The molecule has 0 aliphatic carbocycles. The van der Waals surface area contributed by atoms with Crippen molar-refractivity contribution in [2.75, 3.05) is 26.7 Å². The molecule has 0 unspecified atom stereocenters. The van der Waals surface area contributed by atoms with Crippen molar-refractivity contribution in [3.8, 4) is 5.75 Å². The number of benzene rings is 2. The van der Waals surface area contributed by atoms with Crippen LogP contribution in [-0.2, 0) is 6.42 Å². The maximum absolute atomic E-state index is 5.24. The second-order valence-electron chi connectivity index (χ2n) is 7.16. The van der Waals surface area contributed by atoms with Crippen LogP contribution in [0.2, 0.25) is 0 Å². The van der Waals surface area contributed by atoms with E-state index in [1.807, 2.05) is 18.2 Å². The summed E-state index contributed by atoms with van der Waals surface area (Å²) in [6.07, 6.45) is 5.38. The van der Waals surface area contributed by atoms with Crippen LogP contribution in [0.4, 0.5) is 0 Å². The Hall–Kier alpha value is -2.17. The lowest BCUT2D eigenvalue weighted by atomic mass is 9.88. The van der Waals surface area contributed by atoms with Gasteiger partial charge >= 0.3 is 0 Å². The minimum atomic E-state index is 0.616. The Balaban J connectivity index is 1.36. The molecular formula is C23H26N2OS. The largest absolute Gasteiger partial charge is 0.497 e. The lowest BCUT2D eigenvalue weighted by Crippen LogP contribution is -2.34. The van der Waals surface area contributed by atoms with Crippen LogP contribution in [0.15, 0.2) is 49.0 Å². The number of nitrogens with zero attached hydrogens (tertiary/aromatic N) is 2. The number of para-hydroxylation sites is 1. The molecule has 0 saturated carbocycles. The standard InChI is InChI=1S/C23H26N2OS/c1-3-22-24-23-20(5-4-6-21(23)27-22)18-12-15-25(16-13-18)14-11-17-7-9-19(26-2)10-8-17/h3-10,18H,1,11-16H2,2H3. The summed E-state index contributed by atoms with van der Waals surface area (Å²) in [6.45, 7) is 7.32. The van der Waals surface area contributed by atoms with E-state index in [9.17, 15) is 0 Å². The molecule has 2 aromatic carbocycles. The van der Waals surface area contributed by atoms with Crippen molar-refractivity contribution >= 4 is 27.6 Å². The van der Waals surface area contributed by atoms with E-state index in [1.54, 1.807) is 18.4 Å². The fraction of sp³-hybridized carbons (Fsp3) is 0.348. The van der Waals surface area contributed by atoms with Gasteiger partial charge in [0.25, 0.3) is 0 Å². The number of methoxy groups -OCH3 is 1. The van der Waals surface area contributed by atoms with Crippen molar-refractivity contribution < 1.29 is 4.74 Å². The summed E-state index contributed by atoms with van der Waals surface area (Å²) in [5.74, 6) is 1.54. The number of thiazole rings is 1. The highest BCUT2D eigenvalue weighted by molar-refractivity contribution is 7.19. The average molecular weight is 379 g/mol. The van der Waals surface area contributed by atoms with Gasteiger partial charge in [0.1, 0.15) is 10.8 Å². The van der Waals surface area contributed by atoms with E-state index < -0.39 is 0 Å². The highest BCUT2D eigenvalue weighted by Crippen LogP contribution is 2.35. The van der Waals surface area contributed by atoms with E-state index in [1.165, 1.54) is 34.2 Å². The summed E-state index contributed by atoms with van der Waals surface area (Å²) in [7, 11) is 1.71. The first kappa shape index (κ1) is 18.2. The highest BCUT2D eigenvalue weighted by Gasteiger charge is 2.22. The van der Waals surface area contributed by atoms with Gasteiger partial charge in [-0.25, -0.2) is 4.98 Å². The van der Waals surface area contributed by atoms with E-state index >= 15 is 0 Å². The first-order valence-corrected chi connectivity index (χ1v) is 10.5. The van der Waals surface area contributed by atoms with Gasteiger partial charge in [-0.05, 0) is 73.7 Å². The molecule has 3 aromatic rings. The van der Waals surface area contributed by atoms with E-state index in [-0.39, 0.29) is 0 Å². The van der Waals surface area contributed by atoms with Crippen LogP contribution in [0, 0.1) is 0 Å². The molecule has 1 fully saturated rings. The summed E-state index contributed by atoms with van der Waals surface area (Å²) in [5, 5.41) is 1.02. The molecule has 2 heterocycles. The minimum Gasteiger partial charge on any atom is -0.497 e. The summed E-state index contributed by atoms with van der Waals surface area (Å²) < 4.78 is 6.52. The Bertz CT molecular complexity index is 908. The molecule has 140 valence electrons. The molecule has 1 aliphatic heterocycles. The molecular weight excluding hydrogens is 352 g/mol. The van der Waals surface area contributed by atoms with E-state index in [2.05, 4.69) is 41.8 Å². The van der Waals surface area contributed by atoms with Crippen LogP contribution < -0.4 is 4.74 Å². The third kappa shape index (κ3) is 4.07. The van der Waals surface area contributed by atoms with Gasteiger partial charge in [0.2, 0.25) is 0 Å². The van der Waals surface area contributed by atoms with Crippen LogP contribution in [-0.4, -0.2) is 36.6 Å². The van der Waals surface area contributed by atoms with Gasteiger partial charge in [0.05, 0.1) is 17.3 Å². The zero-order chi connectivity index (χ0) is 18.6. The van der Waals surface area contributed by atoms with Crippen LogP contribution >= 0.6 is 11.3 Å². The van der Waals surface area contributed by atoms with Crippen molar-refractivity contribution in [3.63, 3.8) is 0 Å². The normalized spacial score (nSPS) is 15.9. The van der Waals surface area contributed by atoms with Gasteiger partial charge in [-0.3, -0.25) is 0 Å². The zero-order valence-corrected chi connectivity index (χ0v) is 16.7. The number of fused-ring (bicyclic) bond motifs is 1. The molecule has 0 amide bonds. The van der Waals surface area contributed by atoms with Crippen molar-refractivity contribution in [1.82, 2.24) is 9.88 Å². The highest BCUT2D eigenvalue weighted by atomic mass is 32.1. The number of rotatable bonds is 6. The van der Waals surface area contributed by atoms with Crippen molar-refractivity contribution in [1.29, 1.82) is 0 Å². The quantitative estimate of drug-likeness (QED) is 0.576. The smallest absolute Gasteiger partial charge is 0.118 e. The molecule has 0 spiro atoms. The van der Waals surface area contributed by atoms with Gasteiger partial charge in [-0.1, -0.05) is 30.8 Å². The number of aromatic nitrogens is 1. The van der Waals surface area contributed by atoms with Gasteiger partial charge in [0.15, 0.2) is 0 Å². The Morgan fingerprint density at radius 3 is 2.67 bits per heavy atom. The number of likely N-dealkylation sites (tertiary alicyclic amines) is 1. The molecule has 0 N–H and O–H groups in total. The van der Waals surface area contributed by atoms with Crippen LogP contribution in [0.25, 0.3) is 16.3 Å². The molecule has 4 heteroatoms. The Labute approximate surface area is 165 Å². The molecule has 1 aromatic heterocycles. The molecule has 0 atom stereocenters. The van der Waals surface area contributed by atoms with E-state index in [0.29, 0.717) is 5.92 Å². The lowest BCUT2D eigenvalue weighted by molar-refractivity contribution is 0.215. The van der Waals surface area contributed by atoms with Gasteiger partial charge in [-0.2, -0.15) is 0 Å². The number of piperidine rings is 1. The maximum Gasteiger partial charge on any atom is 0.118 e. The monoisotopic (exact) mass is 378 g/mol. The van der Waals surface area contributed by atoms with Crippen LogP contribution in [0.1, 0.15) is 34.9 Å². The van der Waals surface area contributed by atoms with E-state index in [0.717, 1.165) is 36.8 Å². The fourth-order valence-corrected chi connectivity index (χ4v) is 4.80. The maximum atomic E-state index is 5.24. The fourth-order valence-electron chi connectivity index (χ4n) is 3.95. The predicted molar refractivity (Wildman–Crippen MR) is 115 cm³/mol. The first-order valence-electron chi connectivity index (χ1n) is 9.64. The molecule has 4 rings (SSSR count). The molecule has 1 aliphatic rings. The van der Waals surface area contributed by atoms with Crippen molar-refractivity contribution in [2.24, 2.45) is 0 Å². The Morgan fingerprint density at radius 2 is 1.96 bits per heavy atom. The molecule has 27 heavy (non-hydrogen) atoms. The number of hydrogen-bond donors (Lipinski definition) is 0. The molecule has 3 nitrogen and oxygen atoms in total. The van der Waals surface area contributed by atoms with Crippen LogP contribution in [0.3, 0.4) is 0 Å². The first-order chi connectivity index (χ1) is 13.3. The molecule has 1 saturated heterocycles. The van der Waals surface area contributed by atoms with Gasteiger partial charge in [-0.15, -0.1) is 11.3 Å². The Morgan fingerprint density at radius 1 is 1.19 bits per heavy atom. The second kappa shape index (κ2) is 8.24. The summed E-state index contributed by atoms with van der Waals surface area (Å²) in [5.41, 5.74) is 3.99. The molecule has 0 bridgehead atoms. The topological polar surface area (TPSA) is 25.4 Å². The second-order valence-corrected chi connectivity index (χ2v) is 8.23. The number of hydrogen-bond acceptors (Lipinski definition) is 4.